The van der Waals surface area contributed by atoms with E-state index in [1.807, 2.05) is 0 Å². The second-order valence-corrected chi connectivity index (χ2v) is 11.2. The minimum Gasteiger partial charge on any atom is -0.0651 e. The average molecular weight is 402 g/mol. The summed E-state index contributed by atoms with van der Waals surface area (Å²) in [6.07, 6.45) is 8.36. The molecule has 0 aromatic heterocycles. The molecular weight excluding hydrogens is 360 g/mol. The summed E-state index contributed by atoms with van der Waals surface area (Å²) in [5.41, 5.74) is 11.7. The molecule has 0 heterocycles. The van der Waals surface area contributed by atoms with Crippen LogP contribution in [0.4, 0.5) is 0 Å². The van der Waals surface area contributed by atoms with Gasteiger partial charge in [0.25, 0.3) is 0 Å². The van der Waals surface area contributed by atoms with Crippen LogP contribution >= 0.6 is 0 Å². The van der Waals surface area contributed by atoms with Crippen molar-refractivity contribution in [3.8, 4) is 11.1 Å². The van der Waals surface area contributed by atoms with Crippen LogP contribution < -0.4 is 0 Å². The van der Waals surface area contributed by atoms with Crippen LogP contribution in [0, 0.1) is 12.3 Å². The molecule has 0 bridgehead atoms. The van der Waals surface area contributed by atoms with E-state index >= 15 is 0 Å². The van der Waals surface area contributed by atoms with Crippen molar-refractivity contribution < 1.29 is 0 Å². The lowest BCUT2D eigenvalue weighted by molar-refractivity contribution is 0.569. The fraction of sp³-hybridized carbons (Fsp3) is 0.500. The topological polar surface area (TPSA) is 0 Å². The van der Waals surface area contributed by atoms with Gasteiger partial charge in [0.15, 0.2) is 0 Å². The number of allylic oxidation sites excluding steroid dienone is 1. The molecule has 1 unspecified atom stereocenters. The van der Waals surface area contributed by atoms with Crippen LogP contribution in [0.1, 0.15) is 103 Å². The van der Waals surface area contributed by atoms with Gasteiger partial charge in [0.05, 0.1) is 0 Å². The molecule has 0 aliphatic heterocycles. The van der Waals surface area contributed by atoms with Crippen LogP contribution in [0.5, 0.6) is 0 Å². The van der Waals surface area contributed by atoms with Gasteiger partial charge in [-0.3, -0.25) is 0 Å². The van der Waals surface area contributed by atoms with Crippen LogP contribution in [0.15, 0.2) is 35.9 Å². The predicted molar refractivity (Wildman–Crippen MR) is 134 cm³/mol. The molecule has 0 fully saturated rings. The van der Waals surface area contributed by atoms with E-state index in [1.54, 1.807) is 0 Å². The molecule has 161 valence electrons. The summed E-state index contributed by atoms with van der Waals surface area (Å²) in [6.45, 7) is 20.9. The van der Waals surface area contributed by atoms with E-state index < -0.39 is 0 Å². The Morgan fingerprint density at radius 3 is 1.93 bits per heavy atom. The van der Waals surface area contributed by atoms with Gasteiger partial charge in [-0.05, 0) is 68.5 Å². The molecule has 3 rings (SSSR count). The van der Waals surface area contributed by atoms with Crippen molar-refractivity contribution in [2.45, 2.75) is 92.4 Å². The zero-order chi connectivity index (χ0) is 22.3. The second kappa shape index (κ2) is 8.37. The standard InChI is InChI=1S/C30H41/c1-10-12-21-13-14-22-15-23(20(3)11-2)18-27(22)28(21)24-16-25(29(4,5)6)19-26(17-24)30(7,8)9/h13-20H,10-12H2,1-9H3. The van der Waals surface area contributed by atoms with Gasteiger partial charge in [-0.1, -0.05) is 111 Å². The van der Waals surface area contributed by atoms with E-state index in [0.717, 1.165) is 6.42 Å². The normalized spacial score (nSPS) is 15.2. The number of fused-ring (bicyclic) bond motifs is 1. The molecule has 1 aliphatic rings. The Labute approximate surface area is 185 Å². The van der Waals surface area contributed by atoms with E-state index in [0.29, 0.717) is 5.92 Å². The third-order valence-corrected chi connectivity index (χ3v) is 6.65. The van der Waals surface area contributed by atoms with Crippen molar-refractivity contribution in [1.82, 2.24) is 0 Å². The van der Waals surface area contributed by atoms with Crippen molar-refractivity contribution in [1.29, 1.82) is 0 Å². The number of rotatable bonds is 5. The van der Waals surface area contributed by atoms with Crippen molar-refractivity contribution in [3.05, 3.63) is 70.1 Å². The van der Waals surface area contributed by atoms with Gasteiger partial charge in [0.1, 0.15) is 0 Å². The first-order valence-corrected chi connectivity index (χ1v) is 11.8. The first kappa shape index (κ1) is 22.9. The molecule has 0 amide bonds. The predicted octanol–water partition coefficient (Wildman–Crippen LogP) is 8.90. The van der Waals surface area contributed by atoms with Gasteiger partial charge < -0.3 is 0 Å². The highest BCUT2D eigenvalue weighted by molar-refractivity contribution is 5.86. The maximum Gasteiger partial charge on any atom is 0.0167 e. The maximum absolute atomic E-state index is 2.47. The molecule has 30 heavy (non-hydrogen) atoms. The maximum atomic E-state index is 2.47. The van der Waals surface area contributed by atoms with Gasteiger partial charge in [0, 0.05) is 6.42 Å². The van der Waals surface area contributed by atoms with Gasteiger partial charge >= 0.3 is 0 Å². The smallest absolute Gasteiger partial charge is 0.0167 e. The summed E-state index contributed by atoms with van der Waals surface area (Å²) in [4.78, 5) is 0. The van der Waals surface area contributed by atoms with Crippen molar-refractivity contribution in [3.63, 3.8) is 0 Å². The number of hydrogen-bond donors (Lipinski definition) is 0. The van der Waals surface area contributed by atoms with Crippen molar-refractivity contribution in [2.75, 3.05) is 0 Å². The number of benzene rings is 2. The highest BCUT2D eigenvalue weighted by Gasteiger charge is 2.25. The Kier molecular flexibility index (Phi) is 6.38. The Balaban J connectivity index is 2.30. The van der Waals surface area contributed by atoms with E-state index in [2.05, 4.69) is 105 Å². The lowest BCUT2D eigenvalue weighted by Crippen LogP contribution is -2.16. The molecular formula is C30H41. The van der Waals surface area contributed by atoms with E-state index in [1.165, 1.54) is 57.4 Å². The van der Waals surface area contributed by atoms with E-state index in [4.69, 9.17) is 0 Å². The third-order valence-electron chi connectivity index (χ3n) is 6.65. The molecule has 2 aromatic rings. The minimum atomic E-state index is 0.128. The summed E-state index contributed by atoms with van der Waals surface area (Å²) in [6, 6.07) is 12.1. The average Bonchev–Trinajstić information content (AvgIpc) is 3.10. The zero-order valence-corrected chi connectivity index (χ0v) is 20.7. The van der Waals surface area contributed by atoms with Crippen LogP contribution in [-0.2, 0) is 17.3 Å². The molecule has 0 nitrogen and oxygen atoms in total. The quantitative estimate of drug-likeness (QED) is 0.469. The van der Waals surface area contributed by atoms with E-state index in [9.17, 15) is 0 Å². The molecule has 1 atom stereocenters. The van der Waals surface area contributed by atoms with Crippen LogP contribution in [0.3, 0.4) is 0 Å². The Morgan fingerprint density at radius 1 is 0.833 bits per heavy atom. The summed E-state index contributed by atoms with van der Waals surface area (Å²) in [5.74, 6) is 0.603. The fourth-order valence-corrected chi connectivity index (χ4v) is 4.33. The second-order valence-electron chi connectivity index (χ2n) is 11.2. The highest BCUT2D eigenvalue weighted by Crippen LogP contribution is 2.42. The zero-order valence-electron chi connectivity index (χ0n) is 20.7. The first-order valence-electron chi connectivity index (χ1n) is 11.8. The van der Waals surface area contributed by atoms with Crippen LogP contribution in [-0.4, -0.2) is 0 Å². The monoisotopic (exact) mass is 401 g/mol. The Bertz CT molecular complexity index is 909. The van der Waals surface area contributed by atoms with Crippen LogP contribution in [0.2, 0.25) is 0 Å². The molecule has 1 aliphatic carbocycles. The summed E-state index contributed by atoms with van der Waals surface area (Å²) in [7, 11) is 0. The van der Waals surface area contributed by atoms with Crippen LogP contribution in [0.25, 0.3) is 17.2 Å². The van der Waals surface area contributed by atoms with Crippen molar-refractivity contribution in [2.24, 2.45) is 5.92 Å². The third kappa shape index (κ3) is 4.58. The minimum absolute atomic E-state index is 0.128. The largest absolute Gasteiger partial charge is 0.0651 e. The van der Waals surface area contributed by atoms with Gasteiger partial charge in [-0.15, -0.1) is 0 Å². The lowest BCUT2D eigenvalue weighted by Gasteiger charge is -2.27. The Morgan fingerprint density at radius 2 is 1.43 bits per heavy atom. The van der Waals surface area contributed by atoms with E-state index in [-0.39, 0.29) is 10.8 Å². The lowest BCUT2D eigenvalue weighted by atomic mass is 9.78. The van der Waals surface area contributed by atoms with Crippen molar-refractivity contribution >= 4 is 6.08 Å². The van der Waals surface area contributed by atoms with Gasteiger partial charge in [-0.2, -0.15) is 0 Å². The number of aryl methyl sites for hydroxylation is 1. The Hall–Kier alpha value is -1.82. The number of hydrogen-bond acceptors (Lipinski definition) is 0. The molecule has 0 spiro atoms. The SMILES string of the molecule is CCCc1ccc2c(c1-c1cc(C(C)(C)C)cc(C(C)(C)C)c1)C=C(C(C)CC)[CH]2. The first-order chi connectivity index (χ1) is 14.0. The summed E-state index contributed by atoms with van der Waals surface area (Å²) in [5, 5.41) is 0. The molecule has 2 aromatic carbocycles. The molecule has 0 heteroatoms. The molecule has 0 N–H and O–H groups in total. The van der Waals surface area contributed by atoms with Gasteiger partial charge in [0.2, 0.25) is 0 Å². The highest BCUT2D eigenvalue weighted by atomic mass is 14.3. The summed E-state index contributed by atoms with van der Waals surface area (Å²) >= 11 is 0. The molecule has 1 radical (unpaired) electrons. The fourth-order valence-electron chi connectivity index (χ4n) is 4.33. The molecule has 0 saturated carbocycles. The van der Waals surface area contributed by atoms with Gasteiger partial charge in [-0.25, -0.2) is 0 Å². The molecule has 0 saturated heterocycles. The summed E-state index contributed by atoms with van der Waals surface area (Å²) < 4.78 is 0.